The number of likely N-dealkylation sites (N-methyl/N-ethyl adjacent to an activating group) is 1. The van der Waals surface area contributed by atoms with Crippen LogP contribution in [0.15, 0.2) is 82.6 Å². The first-order chi connectivity index (χ1) is 17.5. The lowest BCUT2D eigenvalue weighted by molar-refractivity contribution is -0.114. The van der Waals surface area contributed by atoms with Crippen LogP contribution in [0.3, 0.4) is 0 Å². The number of anilines is 1. The standard InChI is InChI=1S/C29H28ClN3O2S/c1-2-31-14-16-32(17-15-31)28(34)23-12-10-21(11-13-23)19-27-29(35)33(20-22-6-5-7-24(30)18-22)25-8-3-4-9-26(25)36-27/h3-13,18-19H,2,14-17,20H2,1H3. The number of hydrogen-bond donors (Lipinski definition) is 0. The highest BCUT2D eigenvalue weighted by atomic mass is 35.5. The van der Waals surface area contributed by atoms with Gasteiger partial charge in [0.1, 0.15) is 0 Å². The Hall–Kier alpha value is -3.06. The minimum Gasteiger partial charge on any atom is -0.336 e. The highest BCUT2D eigenvalue weighted by Gasteiger charge is 2.29. The lowest BCUT2D eigenvalue weighted by Crippen LogP contribution is -2.48. The molecule has 0 radical (unpaired) electrons. The summed E-state index contributed by atoms with van der Waals surface area (Å²) < 4.78 is 0. The van der Waals surface area contributed by atoms with E-state index in [1.54, 1.807) is 4.90 Å². The van der Waals surface area contributed by atoms with Crippen LogP contribution in [0.1, 0.15) is 28.4 Å². The minimum absolute atomic E-state index is 0.0485. The molecule has 0 unspecified atom stereocenters. The quantitative estimate of drug-likeness (QED) is 0.401. The molecule has 0 N–H and O–H groups in total. The van der Waals surface area contributed by atoms with Crippen molar-refractivity contribution in [1.29, 1.82) is 0 Å². The zero-order chi connectivity index (χ0) is 25.1. The van der Waals surface area contributed by atoms with Gasteiger partial charge >= 0.3 is 0 Å². The highest BCUT2D eigenvalue weighted by Crippen LogP contribution is 2.42. The zero-order valence-corrected chi connectivity index (χ0v) is 21.8. The predicted octanol–water partition coefficient (Wildman–Crippen LogP) is 5.80. The Bertz CT molecular complexity index is 1300. The average molecular weight is 518 g/mol. The van der Waals surface area contributed by atoms with Crippen LogP contribution in [0.25, 0.3) is 6.08 Å². The molecule has 0 aliphatic carbocycles. The maximum Gasteiger partial charge on any atom is 0.265 e. The third-order valence-corrected chi connectivity index (χ3v) is 7.94. The Kier molecular flexibility index (Phi) is 7.46. The Morgan fingerprint density at radius 1 is 0.972 bits per heavy atom. The molecule has 0 saturated carbocycles. The van der Waals surface area contributed by atoms with Gasteiger partial charge in [-0.15, -0.1) is 0 Å². The fourth-order valence-electron chi connectivity index (χ4n) is 4.56. The van der Waals surface area contributed by atoms with Gasteiger partial charge in [-0.25, -0.2) is 0 Å². The summed E-state index contributed by atoms with van der Waals surface area (Å²) in [6, 6.07) is 23.1. The number of carbonyl (C=O) groups excluding carboxylic acids is 2. The van der Waals surface area contributed by atoms with Crippen LogP contribution >= 0.6 is 23.4 Å². The SMILES string of the molecule is CCN1CCN(C(=O)c2ccc(C=C3Sc4ccccc4N(Cc4cccc(Cl)c4)C3=O)cc2)CC1. The van der Waals surface area contributed by atoms with Crippen LogP contribution in [-0.2, 0) is 11.3 Å². The van der Waals surface area contributed by atoms with Crippen molar-refractivity contribution < 1.29 is 9.59 Å². The fourth-order valence-corrected chi connectivity index (χ4v) is 5.83. The molecule has 0 aromatic heterocycles. The first-order valence-corrected chi connectivity index (χ1v) is 13.4. The van der Waals surface area contributed by atoms with Crippen molar-refractivity contribution in [2.75, 3.05) is 37.6 Å². The number of benzene rings is 3. The molecule has 3 aromatic carbocycles. The van der Waals surface area contributed by atoms with Crippen molar-refractivity contribution in [3.05, 3.63) is 99.4 Å². The number of rotatable bonds is 5. The maximum atomic E-state index is 13.6. The normalized spacial score (nSPS) is 17.4. The van der Waals surface area contributed by atoms with Gasteiger partial charge in [-0.3, -0.25) is 9.59 Å². The monoisotopic (exact) mass is 517 g/mol. The molecule has 2 aliphatic rings. The molecule has 5 nitrogen and oxygen atoms in total. The topological polar surface area (TPSA) is 43.9 Å². The second-order valence-electron chi connectivity index (χ2n) is 8.95. The molecule has 184 valence electrons. The van der Waals surface area contributed by atoms with Gasteiger partial charge in [0, 0.05) is 41.7 Å². The van der Waals surface area contributed by atoms with Crippen LogP contribution in [0.4, 0.5) is 5.69 Å². The molecule has 7 heteroatoms. The van der Waals surface area contributed by atoms with Gasteiger partial charge in [0.15, 0.2) is 0 Å². The van der Waals surface area contributed by atoms with Crippen LogP contribution in [0.5, 0.6) is 0 Å². The number of amides is 2. The molecule has 1 saturated heterocycles. The van der Waals surface area contributed by atoms with Crippen LogP contribution in [0, 0.1) is 0 Å². The molecular formula is C29H28ClN3O2S. The smallest absolute Gasteiger partial charge is 0.265 e. The zero-order valence-electron chi connectivity index (χ0n) is 20.2. The molecular weight excluding hydrogens is 490 g/mol. The third-order valence-electron chi connectivity index (χ3n) is 6.62. The van der Waals surface area contributed by atoms with E-state index in [4.69, 9.17) is 11.6 Å². The van der Waals surface area contributed by atoms with E-state index in [0.717, 1.165) is 54.4 Å². The van der Waals surface area contributed by atoms with E-state index in [1.165, 1.54) is 11.8 Å². The molecule has 1 fully saturated rings. The molecule has 5 rings (SSSR count). The Morgan fingerprint density at radius 2 is 1.72 bits per heavy atom. The number of piperazine rings is 1. The van der Waals surface area contributed by atoms with E-state index in [9.17, 15) is 9.59 Å². The molecule has 2 amide bonds. The summed E-state index contributed by atoms with van der Waals surface area (Å²) in [6.07, 6.45) is 1.90. The van der Waals surface area contributed by atoms with Gasteiger partial charge in [-0.1, -0.05) is 66.7 Å². The van der Waals surface area contributed by atoms with Gasteiger partial charge in [-0.05, 0) is 60.1 Å². The van der Waals surface area contributed by atoms with E-state index in [1.807, 2.05) is 83.8 Å². The van der Waals surface area contributed by atoms with Gasteiger partial charge in [0.2, 0.25) is 0 Å². The lowest BCUT2D eigenvalue weighted by atomic mass is 10.1. The van der Waals surface area contributed by atoms with E-state index in [-0.39, 0.29) is 11.8 Å². The van der Waals surface area contributed by atoms with Crippen LogP contribution in [-0.4, -0.2) is 54.3 Å². The molecule has 0 atom stereocenters. The summed E-state index contributed by atoms with van der Waals surface area (Å²) in [5, 5.41) is 0.650. The van der Waals surface area contributed by atoms with E-state index >= 15 is 0 Å². The molecule has 0 bridgehead atoms. The summed E-state index contributed by atoms with van der Waals surface area (Å²) in [4.78, 5) is 34.2. The number of fused-ring (bicyclic) bond motifs is 1. The summed E-state index contributed by atoms with van der Waals surface area (Å²) in [5.74, 6) is 0.0160. The van der Waals surface area contributed by atoms with Crippen molar-refractivity contribution in [2.45, 2.75) is 18.4 Å². The summed E-state index contributed by atoms with van der Waals surface area (Å²) in [6.45, 7) is 6.94. The van der Waals surface area contributed by atoms with E-state index in [2.05, 4.69) is 11.8 Å². The van der Waals surface area contributed by atoms with Gasteiger partial charge < -0.3 is 14.7 Å². The van der Waals surface area contributed by atoms with Crippen LogP contribution in [0.2, 0.25) is 5.02 Å². The van der Waals surface area contributed by atoms with Gasteiger partial charge in [0.25, 0.3) is 11.8 Å². The second-order valence-corrected chi connectivity index (χ2v) is 10.5. The molecule has 2 aliphatic heterocycles. The van der Waals surface area contributed by atoms with Crippen molar-refractivity contribution in [1.82, 2.24) is 9.80 Å². The number of para-hydroxylation sites is 1. The van der Waals surface area contributed by atoms with Gasteiger partial charge in [0.05, 0.1) is 17.1 Å². The summed E-state index contributed by atoms with van der Waals surface area (Å²) in [5.41, 5.74) is 3.44. The average Bonchev–Trinajstić information content (AvgIpc) is 2.91. The number of carbonyl (C=O) groups is 2. The Labute approximate surface area is 221 Å². The molecule has 36 heavy (non-hydrogen) atoms. The highest BCUT2D eigenvalue weighted by molar-refractivity contribution is 8.04. The maximum absolute atomic E-state index is 13.6. The van der Waals surface area contributed by atoms with Gasteiger partial charge in [-0.2, -0.15) is 0 Å². The van der Waals surface area contributed by atoms with Crippen molar-refractivity contribution in [2.24, 2.45) is 0 Å². The second kappa shape index (κ2) is 10.9. The molecule has 0 spiro atoms. The summed E-state index contributed by atoms with van der Waals surface area (Å²) >= 11 is 7.66. The van der Waals surface area contributed by atoms with Crippen molar-refractivity contribution in [3.8, 4) is 0 Å². The summed E-state index contributed by atoms with van der Waals surface area (Å²) in [7, 11) is 0. The minimum atomic E-state index is -0.0485. The van der Waals surface area contributed by atoms with Crippen molar-refractivity contribution >= 4 is 46.9 Å². The predicted molar refractivity (Wildman–Crippen MR) is 147 cm³/mol. The van der Waals surface area contributed by atoms with Crippen molar-refractivity contribution in [3.63, 3.8) is 0 Å². The third kappa shape index (κ3) is 5.36. The number of halogens is 1. The van der Waals surface area contributed by atoms with Crippen LogP contribution < -0.4 is 4.90 Å². The first-order valence-electron chi connectivity index (χ1n) is 12.2. The number of nitrogens with zero attached hydrogens (tertiary/aromatic N) is 3. The number of hydrogen-bond acceptors (Lipinski definition) is 4. The Morgan fingerprint density at radius 3 is 2.44 bits per heavy atom. The first kappa shape index (κ1) is 24.6. The Balaban J connectivity index is 1.36. The number of thioether (sulfide) groups is 1. The van der Waals surface area contributed by atoms with E-state index < -0.39 is 0 Å². The fraction of sp³-hybridized carbons (Fsp3) is 0.241. The molecule has 3 aromatic rings. The van der Waals surface area contributed by atoms with E-state index in [0.29, 0.717) is 22.0 Å². The lowest BCUT2D eigenvalue weighted by Gasteiger charge is -2.34. The largest absolute Gasteiger partial charge is 0.336 e. The molecule has 2 heterocycles.